The van der Waals surface area contributed by atoms with E-state index in [0.29, 0.717) is 27.0 Å². The molecule has 7 heteroatoms. The third kappa shape index (κ3) is 5.51. The SMILES string of the molecule is COc1ccc(NC(=O)[C@H](C)OC(=O)/C=C/c2ccccc2Cl)cc1Cl. The van der Waals surface area contributed by atoms with Crippen molar-refractivity contribution in [1.29, 1.82) is 0 Å². The normalized spacial score (nSPS) is 11.8. The second-order valence-corrected chi connectivity index (χ2v) is 6.09. The molecule has 0 aromatic heterocycles. The van der Waals surface area contributed by atoms with Crippen LogP contribution in [0.25, 0.3) is 6.08 Å². The number of hydrogen-bond acceptors (Lipinski definition) is 4. The van der Waals surface area contributed by atoms with Crippen LogP contribution in [0.3, 0.4) is 0 Å². The number of nitrogens with one attached hydrogen (secondary N) is 1. The molecule has 0 radical (unpaired) electrons. The first-order valence-corrected chi connectivity index (χ1v) is 8.44. The number of ether oxygens (including phenoxy) is 2. The third-order valence-corrected chi connectivity index (χ3v) is 4.03. The van der Waals surface area contributed by atoms with Gasteiger partial charge in [0.2, 0.25) is 0 Å². The molecule has 5 nitrogen and oxygen atoms in total. The molecule has 0 saturated heterocycles. The number of benzene rings is 2. The maximum Gasteiger partial charge on any atom is 0.331 e. The Morgan fingerprint density at radius 1 is 1.12 bits per heavy atom. The summed E-state index contributed by atoms with van der Waals surface area (Å²) >= 11 is 12.0. The summed E-state index contributed by atoms with van der Waals surface area (Å²) in [5.74, 6) is -0.639. The van der Waals surface area contributed by atoms with Gasteiger partial charge in [-0.25, -0.2) is 4.79 Å². The van der Waals surface area contributed by atoms with Crippen molar-refractivity contribution in [3.05, 3.63) is 64.1 Å². The number of methoxy groups -OCH3 is 1. The van der Waals surface area contributed by atoms with Gasteiger partial charge in [-0.15, -0.1) is 0 Å². The lowest BCUT2D eigenvalue weighted by molar-refractivity contribution is -0.148. The highest BCUT2D eigenvalue weighted by Gasteiger charge is 2.17. The molecule has 0 bridgehead atoms. The van der Waals surface area contributed by atoms with Crippen LogP contribution in [0.15, 0.2) is 48.5 Å². The van der Waals surface area contributed by atoms with Gasteiger partial charge in [-0.05, 0) is 42.8 Å². The minimum absolute atomic E-state index is 0.359. The Labute approximate surface area is 161 Å². The smallest absolute Gasteiger partial charge is 0.331 e. The van der Waals surface area contributed by atoms with Gasteiger partial charge in [-0.1, -0.05) is 41.4 Å². The fourth-order valence-corrected chi connectivity index (χ4v) is 2.48. The minimum Gasteiger partial charge on any atom is -0.495 e. The van der Waals surface area contributed by atoms with Crippen molar-refractivity contribution in [2.24, 2.45) is 0 Å². The molecule has 0 saturated carbocycles. The van der Waals surface area contributed by atoms with E-state index in [-0.39, 0.29) is 0 Å². The van der Waals surface area contributed by atoms with Gasteiger partial charge >= 0.3 is 5.97 Å². The lowest BCUT2D eigenvalue weighted by atomic mass is 10.2. The number of amides is 1. The zero-order chi connectivity index (χ0) is 19.1. The van der Waals surface area contributed by atoms with Crippen LogP contribution < -0.4 is 10.1 Å². The van der Waals surface area contributed by atoms with Crippen molar-refractivity contribution in [3.63, 3.8) is 0 Å². The lowest BCUT2D eigenvalue weighted by Gasteiger charge is -2.13. The van der Waals surface area contributed by atoms with Gasteiger partial charge in [0.05, 0.1) is 12.1 Å². The molecular weight excluding hydrogens is 377 g/mol. The minimum atomic E-state index is -0.987. The summed E-state index contributed by atoms with van der Waals surface area (Å²) in [5, 5.41) is 3.49. The third-order valence-electron chi connectivity index (χ3n) is 3.39. The first-order valence-electron chi connectivity index (χ1n) is 7.68. The van der Waals surface area contributed by atoms with E-state index in [4.69, 9.17) is 32.7 Å². The van der Waals surface area contributed by atoms with E-state index < -0.39 is 18.0 Å². The highest BCUT2D eigenvalue weighted by Crippen LogP contribution is 2.27. The molecule has 1 atom stereocenters. The van der Waals surface area contributed by atoms with Crippen LogP contribution in [-0.2, 0) is 14.3 Å². The number of rotatable bonds is 6. The number of carbonyl (C=O) groups is 2. The van der Waals surface area contributed by atoms with Gasteiger partial charge in [-0.3, -0.25) is 4.79 Å². The molecule has 0 aliphatic heterocycles. The predicted octanol–water partition coefficient (Wildman–Crippen LogP) is 4.59. The number of anilines is 1. The number of hydrogen-bond donors (Lipinski definition) is 1. The maximum absolute atomic E-state index is 12.1. The van der Waals surface area contributed by atoms with E-state index in [1.165, 1.54) is 26.2 Å². The monoisotopic (exact) mass is 393 g/mol. The number of halogens is 2. The van der Waals surface area contributed by atoms with Crippen molar-refractivity contribution < 1.29 is 19.1 Å². The molecule has 0 spiro atoms. The van der Waals surface area contributed by atoms with Crippen LogP contribution in [0.2, 0.25) is 10.0 Å². The average Bonchev–Trinajstić information content (AvgIpc) is 2.61. The van der Waals surface area contributed by atoms with Crippen LogP contribution in [-0.4, -0.2) is 25.1 Å². The Morgan fingerprint density at radius 2 is 1.85 bits per heavy atom. The first-order chi connectivity index (χ1) is 12.4. The summed E-state index contributed by atoms with van der Waals surface area (Å²) in [5.41, 5.74) is 1.14. The highest BCUT2D eigenvalue weighted by atomic mass is 35.5. The van der Waals surface area contributed by atoms with Crippen LogP contribution in [0.4, 0.5) is 5.69 Å². The Hall–Kier alpha value is -2.50. The van der Waals surface area contributed by atoms with Crippen LogP contribution in [0.5, 0.6) is 5.75 Å². The first kappa shape index (κ1) is 19.8. The average molecular weight is 394 g/mol. The quantitative estimate of drug-likeness (QED) is 0.575. The molecule has 136 valence electrons. The van der Waals surface area contributed by atoms with Crippen LogP contribution in [0.1, 0.15) is 12.5 Å². The molecule has 0 aliphatic rings. The highest BCUT2D eigenvalue weighted by molar-refractivity contribution is 6.32. The van der Waals surface area contributed by atoms with E-state index in [9.17, 15) is 9.59 Å². The molecule has 0 aliphatic carbocycles. The van der Waals surface area contributed by atoms with E-state index in [2.05, 4.69) is 5.32 Å². The summed E-state index contributed by atoms with van der Waals surface area (Å²) in [6.07, 6.45) is 1.76. The zero-order valence-electron chi connectivity index (χ0n) is 14.2. The standard InChI is InChI=1S/C19H17Cl2NO4/c1-12(19(24)22-14-8-9-17(25-2)16(21)11-14)26-18(23)10-7-13-5-3-4-6-15(13)20/h3-12H,1-2H3,(H,22,24)/b10-7+/t12-/m0/s1. The van der Waals surface area contributed by atoms with E-state index in [1.807, 2.05) is 0 Å². The molecule has 1 amide bonds. The molecule has 0 heterocycles. The van der Waals surface area contributed by atoms with Crippen molar-refractivity contribution in [1.82, 2.24) is 0 Å². The fourth-order valence-electron chi connectivity index (χ4n) is 2.02. The van der Waals surface area contributed by atoms with E-state index in [1.54, 1.807) is 42.5 Å². The van der Waals surface area contributed by atoms with E-state index >= 15 is 0 Å². The van der Waals surface area contributed by atoms with Gasteiger partial charge in [0, 0.05) is 16.8 Å². The molecule has 0 fully saturated rings. The second kappa shape index (κ2) is 9.27. The second-order valence-electron chi connectivity index (χ2n) is 5.27. The van der Waals surface area contributed by atoms with Crippen LogP contribution in [0, 0.1) is 0 Å². The summed E-state index contributed by atoms with van der Waals surface area (Å²) in [6.45, 7) is 1.47. The molecule has 1 N–H and O–H groups in total. The molecular formula is C19H17Cl2NO4. The van der Waals surface area contributed by atoms with Crippen molar-refractivity contribution in [2.75, 3.05) is 12.4 Å². The number of esters is 1. The summed E-state index contributed by atoms with van der Waals surface area (Å²) in [7, 11) is 1.50. The van der Waals surface area contributed by atoms with Gasteiger partial charge in [0.25, 0.3) is 5.91 Å². The summed E-state index contributed by atoms with van der Waals surface area (Å²) < 4.78 is 10.1. The van der Waals surface area contributed by atoms with Gasteiger partial charge < -0.3 is 14.8 Å². The van der Waals surface area contributed by atoms with Crippen molar-refractivity contribution in [2.45, 2.75) is 13.0 Å². The topological polar surface area (TPSA) is 64.6 Å². The van der Waals surface area contributed by atoms with Gasteiger partial charge in [0.15, 0.2) is 6.10 Å². The molecule has 2 rings (SSSR count). The Kier molecular flexibility index (Phi) is 7.06. The Morgan fingerprint density at radius 3 is 2.50 bits per heavy atom. The van der Waals surface area contributed by atoms with Crippen molar-refractivity contribution >= 4 is 46.8 Å². The Balaban J connectivity index is 1.93. The lowest BCUT2D eigenvalue weighted by Crippen LogP contribution is -2.29. The molecule has 26 heavy (non-hydrogen) atoms. The summed E-state index contributed by atoms with van der Waals surface area (Å²) in [6, 6.07) is 11.9. The van der Waals surface area contributed by atoms with E-state index in [0.717, 1.165) is 0 Å². The fraction of sp³-hybridized carbons (Fsp3) is 0.158. The predicted molar refractivity (Wildman–Crippen MR) is 103 cm³/mol. The maximum atomic E-state index is 12.1. The summed E-state index contributed by atoms with van der Waals surface area (Å²) in [4.78, 5) is 24.0. The molecule has 0 unspecified atom stereocenters. The van der Waals surface area contributed by atoms with Gasteiger partial charge in [-0.2, -0.15) is 0 Å². The molecule has 2 aromatic carbocycles. The van der Waals surface area contributed by atoms with Crippen molar-refractivity contribution in [3.8, 4) is 5.75 Å². The zero-order valence-corrected chi connectivity index (χ0v) is 15.7. The van der Waals surface area contributed by atoms with Gasteiger partial charge in [0.1, 0.15) is 5.75 Å². The van der Waals surface area contributed by atoms with Crippen LogP contribution >= 0.6 is 23.2 Å². The number of carbonyl (C=O) groups excluding carboxylic acids is 2. The largest absolute Gasteiger partial charge is 0.495 e. The Bertz CT molecular complexity index is 836. The molecule has 2 aromatic rings.